The molecule has 1 rings (SSSR count). The van der Waals surface area contributed by atoms with Gasteiger partial charge in [0.25, 0.3) is 0 Å². The summed E-state index contributed by atoms with van der Waals surface area (Å²) in [5, 5.41) is 11.3. The van der Waals surface area contributed by atoms with Gasteiger partial charge in [0, 0.05) is 25.6 Å². The highest BCUT2D eigenvalue weighted by Crippen LogP contribution is 2.06. The number of amides is 2. The van der Waals surface area contributed by atoms with Crippen LogP contribution in [0, 0.1) is 5.92 Å². The van der Waals surface area contributed by atoms with Crippen molar-refractivity contribution in [1.82, 2.24) is 10.2 Å². The molecule has 0 bridgehead atoms. The smallest absolute Gasteiger partial charge is 0.317 e. The summed E-state index contributed by atoms with van der Waals surface area (Å²) in [4.78, 5) is 23.8. The van der Waals surface area contributed by atoms with Crippen molar-refractivity contribution in [2.24, 2.45) is 5.92 Å². The molecule has 0 aliphatic carbocycles. The first-order valence-corrected chi connectivity index (χ1v) is 6.21. The predicted molar refractivity (Wildman–Crippen MR) is 69.6 cm³/mol. The Kier molecular flexibility index (Phi) is 5.92. The molecule has 0 spiro atoms. The highest BCUT2D eigenvalue weighted by Gasteiger charge is 2.11. The maximum absolute atomic E-state index is 11.8. The van der Waals surface area contributed by atoms with E-state index in [1.165, 1.54) is 0 Å². The van der Waals surface area contributed by atoms with Crippen molar-refractivity contribution in [3.05, 3.63) is 24.2 Å². The molecule has 1 atom stereocenters. The van der Waals surface area contributed by atoms with Crippen LogP contribution in [0.1, 0.15) is 25.3 Å². The van der Waals surface area contributed by atoms with E-state index in [0.717, 1.165) is 5.56 Å². The van der Waals surface area contributed by atoms with Gasteiger partial charge in [0.05, 0.1) is 19.1 Å². The van der Waals surface area contributed by atoms with Gasteiger partial charge in [0.1, 0.15) is 0 Å². The number of carboxylic acids is 1. The molecule has 0 saturated carbocycles. The molecule has 6 nitrogen and oxygen atoms in total. The number of hydrogen-bond donors (Lipinski definition) is 2. The Morgan fingerprint density at radius 2 is 2.26 bits per heavy atom. The zero-order valence-electron chi connectivity index (χ0n) is 11.3. The van der Waals surface area contributed by atoms with Crippen LogP contribution in [0.5, 0.6) is 0 Å². The molecule has 0 radical (unpaired) electrons. The fourth-order valence-corrected chi connectivity index (χ4v) is 1.60. The van der Waals surface area contributed by atoms with E-state index >= 15 is 0 Å². The molecule has 2 amide bonds. The predicted octanol–water partition coefficient (Wildman–Crippen LogP) is 1.92. The average Bonchev–Trinajstić information content (AvgIpc) is 2.86. The van der Waals surface area contributed by atoms with Crippen LogP contribution in [0.2, 0.25) is 0 Å². The molecular weight excluding hydrogens is 248 g/mol. The van der Waals surface area contributed by atoms with E-state index in [1.54, 1.807) is 30.5 Å². The molecule has 19 heavy (non-hydrogen) atoms. The van der Waals surface area contributed by atoms with E-state index in [2.05, 4.69) is 5.32 Å². The number of carbonyl (C=O) groups excluding carboxylic acids is 1. The average molecular weight is 268 g/mol. The number of nitrogens with zero attached hydrogens (tertiary/aromatic N) is 1. The third-order valence-corrected chi connectivity index (χ3v) is 2.80. The van der Waals surface area contributed by atoms with Gasteiger partial charge < -0.3 is 19.7 Å². The molecule has 0 aliphatic rings. The van der Waals surface area contributed by atoms with E-state index < -0.39 is 5.97 Å². The quantitative estimate of drug-likeness (QED) is 0.791. The lowest BCUT2D eigenvalue weighted by molar-refractivity contribution is -0.137. The summed E-state index contributed by atoms with van der Waals surface area (Å²) in [6.07, 6.45) is 3.84. The largest absolute Gasteiger partial charge is 0.481 e. The van der Waals surface area contributed by atoms with Gasteiger partial charge in [0.2, 0.25) is 0 Å². The normalized spacial score (nSPS) is 11.9. The van der Waals surface area contributed by atoms with Crippen LogP contribution in [-0.4, -0.2) is 35.6 Å². The van der Waals surface area contributed by atoms with E-state index in [0.29, 0.717) is 19.5 Å². The summed E-state index contributed by atoms with van der Waals surface area (Å²) in [7, 11) is 1.70. The van der Waals surface area contributed by atoms with Crippen molar-refractivity contribution in [2.75, 3.05) is 13.6 Å². The van der Waals surface area contributed by atoms with Gasteiger partial charge in [-0.25, -0.2) is 4.79 Å². The van der Waals surface area contributed by atoms with Crippen molar-refractivity contribution in [2.45, 2.75) is 26.3 Å². The third-order valence-electron chi connectivity index (χ3n) is 2.80. The van der Waals surface area contributed by atoms with Gasteiger partial charge in [-0.1, -0.05) is 6.92 Å². The molecule has 1 aromatic rings. The summed E-state index contributed by atoms with van der Waals surface area (Å²) in [5.41, 5.74) is 0.927. The second-order valence-corrected chi connectivity index (χ2v) is 4.71. The van der Waals surface area contributed by atoms with Crippen molar-refractivity contribution in [3.8, 4) is 0 Å². The molecule has 1 heterocycles. The summed E-state index contributed by atoms with van der Waals surface area (Å²) in [6, 6.07) is 1.63. The van der Waals surface area contributed by atoms with Gasteiger partial charge >= 0.3 is 12.0 Å². The number of urea groups is 1. The zero-order valence-corrected chi connectivity index (χ0v) is 11.3. The van der Waals surface area contributed by atoms with E-state index in [1.807, 2.05) is 6.92 Å². The Morgan fingerprint density at radius 1 is 1.53 bits per heavy atom. The Balaban J connectivity index is 2.24. The van der Waals surface area contributed by atoms with Crippen LogP contribution in [-0.2, 0) is 11.3 Å². The first-order valence-electron chi connectivity index (χ1n) is 6.21. The Morgan fingerprint density at radius 3 is 2.84 bits per heavy atom. The number of carboxylic acid groups (broad SMARTS) is 1. The summed E-state index contributed by atoms with van der Waals surface area (Å²) in [6.45, 7) is 2.87. The molecule has 0 saturated heterocycles. The highest BCUT2D eigenvalue weighted by atomic mass is 16.4. The molecule has 0 fully saturated rings. The van der Waals surface area contributed by atoms with E-state index in [-0.39, 0.29) is 18.4 Å². The SMILES string of the molecule is CC(CCC(=O)O)CNC(=O)N(C)Cc1ccoc1. The number of nitrogens with one attached hydrogen (secondary N) is 1. The first-order chi connectivity index (χ1) is 8.99. The molecule has 6 heteroatoms. The summed E-state index contributed by atoms with van der Waals surface area (Å²) >= 11 is 0. The Labute approximate surface area is 112 Å². The van der Waals surface area contributed by atoms with Crippen molar-refractivity contribution < 1.29 is 19.1 Å². The van der Waals surface area contributed by atoms with Crippen LogP contribution in [0.25, 0.3) is 0 Å². The minimum absolute atomic E-state index is 0.127. The molecule has 0 aromatic carbocycles. The number of rotatable bonds is 7. The Bertz CT molecular complexity index is 403. The fraction of sp³-hybridized carbons (Fsp3) is 0.538. The highest BCUT2D eigenvalue weighted by molar-refractivity contribution is 5.73. The standard InChI is InChI=1S/C13H20N2O4/c1-10(3-4-12(16)17)7-14-13(18)15(2)8-11-5-6-19-9-11/h5-6,9-10H,3-4,7-8H2,1-2H3,(H,14,18)(H,16,17). The third kappa shape index (κ3) is 5.94. The first kappa shape index (κ1) is 15.1. The number of hydrogen-bond acceptors (Lipinski definition) is 3. The van der Waals surface area contributed by atoms with Crippen molar-refractivity contribution in [1.29, 1.82) is 0 Å². The van der Waals surface area contributed by atoms with Crippen LogP contribution < -0.4 is 5.32 Å². The topological polar surface area (TPSA) is 82.8 Å². The Hall–Kier alpha value is -1.98. The molecule has 2 N–H and O–H groups in total. The fourth-order valence-electron chi connectivity index (χ4n) is 1.60. The van der Waals surface area contributed by atoms with E-state index in [9.17, 15) is 9.59 Å². The van der Waals surface area contributed by atoms with Gasteiger partial charge in [-0.15, -0.1) is 0 Å². The number of aliphatic carboxylic acids is 1. The maximum atomic E-state index is 11.8. The molecule has 1 unspecified atom stereocenters. The van der Waals surface area contributed by atoms with Crippen molar-refractivity contribution in [3.63, 3.8) is 0 Å². The maximum Gasteiger partial charge on any atom is 0.317 e. The minimum Gasteiger partial charge on any atom is -0.481 e. The molecule has 0 aliphatic heterocycles. The van der Waals surface area contributed by atoms with Crippen LogP contribution in [0.15, 0.2) is 23.0 Å². The number of furan rings is 1. The van der Waals surface area contributed by atoms with E-state index in [4.69, 9.17) is 9.52 Å². The lowest BCUT2D eigenvalue weighted by Crippen LogP contribution is -2.38. The zero-order chi connectivity index (χ0) is 14.3. The monoisotopic (exact) mass is 268 g/mol. The molecule has 106 valence electrons. The van der Waals surface area contributed by atoms with Crippen LogP contribution >= 0.6 is 0 Å². The summed E-state index contributed by atoms with van der Waals surface area (Å²) < 4.78 is 4.93. The molecule has 1 aromatic heterocycles. The lowest BCUT2D eigenvalue weighted by Gasteiger charge is -2.19. The van der Waals surface area contributed by atoms with Gasteiger partial charge in [-0.05, 0) is 18.4 Å². The van der Waals surface area contributed by atoms with Gasteiger partial charge in [-0.3, -0.25) is 4.79 Å². The van der Waals surface area contributed by atoms with Crippen LogP contribution in [0.3, 0.4) is 0 Å². The van der Waals surface area contributed by atoms with Crippen molar-refractivity contribution >= 4 is 12.0 Å². The number of carbonyl (C=O) groups is 2. The van der Waals surface area contributed by atoms with Gasteiger partial charge in [-0.2, -0.15) is 0 Å². The second kappa shape index (κ2) is 7.45. The lowest BCUT2D eigenvalue weighted by atomic mass is 10.1. The second-order valence-electron chi connectivity index (χ2n) is 4.71. The minimum atomic E-state index is -0.810. The van der Waals surface area contributed by atoms with Crippen LogP contribution in [0.4, 0.5) is 4.79 Å². The van der Waals surface area contributed by atoms with Gasteiger partial charge in [0.15, 0.2) is 0 Å². The molecular formula is C13H20N2O4. The summed E-state index contributed by atoms with van der Waals surface area (Å²) in [5.74, 6) is -0.669.